The zero-order valence-corrected chi connectivity index (χ0v) is 12.0. The van der Waals surface area contributed by atoms with Gasteiger partial charge in [0, 0.05) is 11.6 Å². The number of phenolic OH excluding ortho intramolecular Hbond substituents is 1. The molecule has 0 spiro atoms. The van der Waals surface area contributed by atoms with E-state index in [2.05, 4.69) is 6.07 Å². The second kappa shape index (κ2) is 5.02. The number of carbonyl (C=O) groups excluding carboxylic acids is 1. The Labute approximate surface area is 128 Å². The van der Waals surface area contributed by atoms with Crippen LogP contribution in [0.4, 0.5) is 0 Å². The Bertz CT molecular complexity index is 759. The van der Waals surface area contributed by atoms with E-state index in [1.54, 1.807) is 30.3 Å². The van der Waals surface area contributed by atoms with E-state index in [9.17, 15) is 9.90 Å². The maximum atomic E-state index is 12.6. The number of ether oxygens (including phenoxy) is 1. The van der Waals surface area contributed by atoms with Gasteiger partial charge in [0.2, 0.25) is 0 Å². The molecule has 0 amide bonds. The van der Waals surface area contributed by atoms with Crippen LogP contribution in [-0.4, -0.2) is 17.0 Å². The zero-order valence-electron chi connectivity index (χ0n) is 12.0. The van der Waals surface area contributed by atoms with Crippen LogP contribution in [0.1, 0.15) is 29.0 Å². The molecule has 2 aromatic carbocycles. The summed E-state index contributed by atoms with van der Waals surface area (Å²) in [6.07, 6.45) is 3.28. The van der Waals surface area contributed by atoms with Crippen molar-refractivity contribution in [3.8, 4) is 5.75 Å². The van der Waals surface area contributed by atoms with Crippen molar-refractivity contribution < 1.29 is 14.6 Å². The van der Waals surface area contributed by atoms with E-state index in [4.69, 9.17) is 4.74 Å². The first-order valence-electron chi connectivity index (χ1n) is 7.52. The molecule has 0 saturated carbocycles. The summed E-state index contributed by atoms with van der Waals surface area (Å²) in [6, 6.07) is 14.9. The lowest BCUT2D eigenvalue weighted by Crippen LogP contribution is -2.35. The zero-order chi connectivity index (χ0) is 15.1. The average molecular weight is 292 g/mol. The Morgan fingerprint density at radius 2 is 1.82 bits per heavy atom. The molecule has 1 heterocycles. The Balaban J connectivity index is 1.72. The Morgan fingerprint density at radius 3 is 2.64 bits per heavy atom. The summed E-state index contributed by atoms with van der Waals surface area (Å²) in [5, 5.41) is 9.38. The number of hydrogen-bond acceptors (Lipinski definition) is 3. The third kappa shape index (κ3) is 2.10. The fraction of sp³-hybridized carbons (Fsp3) is 0.211. The number of allylic oxidation sites excluding steroid dienone is 1. The molecule has 1 aliphatic heterocycles. The molecule has 2 aliphatic rings. The number of aromatic hydroxyl groups is 1. The largest absolute Gasteiger partial charge is 0.508 e. The van der Waals surface area contributed by atoms with E-state index in [-0.39, 0.29) is 23.6 Å². The fourth-order valence-corrected chi connectivity index (χ4v) is 3.39. The van der Waals surface area contributed by atoms with Crippen LogP contribution in [0.3, 0.4) is 0 Å². The van der Waals surface area contributed by atoms with E-state index >= 15 is 0 Å². The van der Waals surface area contributed by atoms with E-state index in [1.165, 1.54) is 5.56 Å². The lowest BCUT2D eigenvalue weighted by molar-refractivity contribution is -0.119. The van der Waals surface area contributed by atoms with Gasteiger partial charge in [-0.1, -0.05) is 24.3 Å². The lowest BCUT2D eigenvalue weighted by atomic mass is 9.77. The van der Waals surface area contributed by atoms with Crippen molar-refractivity contribution in [1.82, 2.24) is 0 Å². The predicted molar refractivity (Wildman–Crippen MR) is 83.5 cm³/mol. The van der Waals surface area contributed by atoms with Gasteiger partial charge in [-0.2, -0.15) is 0 Å². The number of ketones is 1. The van der Waals surface area contributed by atoms with E-state index in [0.29, 0.717) is 5.76 Å². The molecular formula is C19H16O3. The molecule has 2 aromatic rings. The molecule has 0 aromatic heterocycles. The topological polar surface area (TPSA) is 46.5 Å². The van der Waals surface area contributed by atoms with Crippen LogP contribution in [-0.2, 0) is 16.0 Å². The van der Waals surface area contributed by atoms with Gasteiger partial charge in [0.1, 0.15) is 17.6 Å². The standard InChI is InChI=1S/C19H16O3/c20-14-8-5-13(6-9-14)18-11-16(21)19-15-4-2-1-3-12(15)7-10-17(19)22-18/h1-6,8-9,11,17,19-20H,7,10H2. The van der Waals surface area contributed by atoms with Crippen molar-refractivity contribution in [2.45, 2.75) is 24.9 Å². The molecule has 1 aliphatic carbocycles. The number of phenols is 1. The monoisotopic (exact) mass is 292 g/mol. The van der Waals surface area contributed by atoms with Crippen molar-refractivity contribution in [1.29, 1.82) is 0 Å². The van der Waals surface area contributed by atoms with Gasteiger partial charge < -0.3 is 9.84 Å². The van der Waals surface area contributed by atoms with Gasteiger partial charge in [-0.25, -0.2) is 0 Å². The number of fused-ring (bicyclic) bond motifs is 3. The minimum atomic E-state index is -0.189. The van der Waals surface area contributed by atoms with Gasteiger partial charge in [-0.3, -0.25) is 4.79 Å². The minimum absolute atomic E-state index is 0.101. The molecule has 1 N–H and O–H groups in total. The molecule has 2 unspecified atom stereocenters. The van der Waals surface area contributed by atoms with Crippen LogP contribution >= 0.6 is 0 Å². The Kier molecular flexibility index (Phi) is 3.00. The highest BCUT2D eigenvalue weighted by atomic mass is 16.5. The maximum Gasteiger partial charge on any atom is 0.170 e. The summed E-state index contributed by atoms with van der Waals surface area (Å²) in [6.45, 7) is 0. The van der Waals surface area contributed by atoms with E-state index in [1.807, 2.05) is 18.2 Å². The van der Waals surface area contributed by atoms with Crippen LogP contribution in [0, 0.1) is 0 Å². The molecule has 22 heavy (non-hydrogen) atoms. The first-order valence-corrected chi connectivity index (χ1v) is 7.52. The predicted octanol–water partition coefficient (Wildman–Crippen LogP) is 3.43. The minimum Gasteiger partial charge on any atom is -0.508 e. The summed E-state index contributed by atoms with van der Waals surface area (Å²) >= 11 is 0. The molecule has 3 nitrogen and oxygen atoms in total. The smallest absolute Gasteiger partial charge is 0.170 e. The third-order valence-corrected chi connectivity index (χ3v) is 4.47. The van der Waals surface area contributed by atoms with Crippen molar-refractivity contribution in [2.75, 3.05) is 0 Å². The van der Waals surface area contributed by atoms with Gasteiger partial charge in [-0.05, 0) is 48.2 Å². The lowest BCUT2D eigenvalue weighted by Gasteiger charge is -2.36. The molecule has 0 fully saturated rings. The van der Waals surface area contributed by atoms with Crippen molar-refractivity contribution >= 4 is 11.5 Å². The molecule has 0 saturated heterocycles. The fourth-order valence-electron chi connectivity index (χ4n) is 3.39. The molecule has 0 radical (unpaired) electrons. The highest BCUT2D eigenvalue weighted by Gasteiger charge is 2.38. The normalized spacial score (nSPS) is 23.1. The first kappa shape index (κ1) is 13.1. The van der Waals surface area contributed by atoms with Crippen molar-refractivity contribution in [3.63, 3.8) is 0 Å². The summed E-state index contributed by atoms with van der Waals surface area (Å²) in [5.41, 5.74) is 3.18. The molecule has 2 atom stereocenters. The van der Waals surface area contributed by atoms with Crippen LogP contribution in [0.25, 0.3) is 5.76 Å². The van der Waals surface area contributed by atoms with Gasteiger partial charge >= 0.3 is 0 Å². The SMILES string of the molecule is O=C1C=C(c2ccc(O)cc2)OC2CCc3ccccc3C12. The average Bonchev–Trinajstić information content (AvgIpc) is 2.55. The van der Waals surface area contributed by atoms with Gasteiger partial charge in [0.05, 0.1) is 5.92 Å². The van der Waals surface area contributed by atoms with E-state index in [0.717, 1.165) is 24.0 Å². The summed E-state index contributed by atoms with van der Waals surface area (Å²) in [4.78, 5) is 12.6. The van der Waals surface area contributed by atoms with Gasteiger partial charge in [0.25, 0.3) is 0 Å². The molecule has 0 bridgehead atoms. The molecular weight excluding hydrogens is 276 g/mol. The Hall–Kier alpha value is -2.55. The molecule has 3 heteroatoms. The number of aryl methyl sites for hydroxylation is 1. The number of carbonyl (C=O) groups is 1. The quantitative estimate of drug-likeness (QED) is 0.876. The number of benzene rings is 2. The second-order valence-corrected chi connectivity index (χ2v) is 5.83. The molecule has 4 rings (SSSR count). The van der Waals surface area contributed by atoms with Crippen LogP contribution in [0.2, 0.25) is 0 Å². The van der Waals surface area contributed by atoms with Crippen molar-refractivity contribution in [3.05, 3.63) is 71.3 Å². The first-order chi connectivity index (χ1) is 10.7. The summed E-state index contributed by atoms with van der Waals surface area (Å²) in [5.74, 6) is 0.721. The third-order valence-electron chi connectivity index (χ3n) is 4.47. The van der Waals surface area contributed by atoms with Crippen LogP contribution in [0.15, 0.2) is 54.6 Å². The summed E-state index contributed by atoms with van der Waals surface area (Å²) < 4.78 is 6.10. The highest BCUT2D eigenvalue weighted by molar-refractivity contribution is 6.02. The maximum absolute atomic E-state index is 12.6. The van der Waals surface area contributed by atoms with E-state index < -0.39 is 0 Å². The van der Waals surface area contributed by atoms with Gasteiger partial charge in [0.15, 0.2) is 5.78 Å². The molecule has 110 valence electrons. The van der Waals surface area contributed by atoms with Crippen LogP contribution in [0.5, 0.6) is 5.75 Å². The van der Waals surface area contributed by atoms with Gasteiger partial charge in [-0.15, -0.1) is 0 Å². The summed E-state index contributed by atoms with van der Waals surface area (Å²) in [7, 11) is 0. The number of hydrogen-bond donors (Lipinski definition) is 1. The second-order valence-electron chi connectivity index (χ2n) is 5.83. The number of rotatable bonds is 1. The highest BCUT2D eigenvalue weighted by Crippen LogP contribution is 2.40. The Morgan fingerprint density at radius 1 is 1.05 bits per heavy atom. The van der Waals surface area contributed by atoms with Crippen molar-refractivity contribution in [2.24, 2.45) is 0 Å². The van der Waals surface area contributed by atoms with Crippen LogP contribution < -0.4 is 0 Å².